The number of hydrogen-bond acceptors (Lipinski definition) is 2. The van der Waals surface area contributed by atoms with Crippen LogP contribution in [0.1, 0.15) is 26.3 Å². The highest BCUT2D eigenvalue weighted by atomic mass is 19.4. The van der Waals surface area contributed by atoms with Gasteiger partial charge in [0, 0.05) is 11.7 Å². The molecule has 18 heavy (non-hydrogen) atoms. The number of urea groups is 1. The van der Waals surface area contributed by atoms with Crippen LogP contribution < -0.4 is 10.6 Å². The van der Waals surface area contributed by atoms with Crippen molar-refractivity contribution < 1.29 is 18.0 Å². The highest BCUT2D eigenvalue weighted by Gasteiger charge is 2.34. The smallest absolute Gasteiger partial charge is 0.333 e. The first-order valence-electron chi connectivity index (χ1n) is 5.20. The Hall–Kier alpha value is -1.79. The molecule has 1 aromatic heterocycles. The van der Waals surface area contributed by atoms with Crippen LogP contribution in [0.25, 0.3) is 0 Å². The van der Waals surface area contributed by atoms with Crippen molar-refractivity contribution in [1.29, 1.82) is 0 Å². The highest BCUT2D eigenvalue weighted by Crippen LogP contribution is 2.33. The molecule has 7 heteroatoms. The van der Waals surface area contributed by atoms with Crippen LogP contribution >= 0.6 is 0 Å². The Morgan fingerprint density at radius 1 is 1.28 bits per heavy atom. The van der Waals surface area contributed by atoms with Gasteiger partial charge in [-0.15, -0.1) is 0 Å². The first kappa shape index (κ1) is 14.3. The Balaban J connectivity index is 2.89. The molecule has 0 atom stereocenters. The van der Waals surface area contributed by atoms with Crippen molar-refractivity contribution >= 4 is 11.7 Å². The summed E-state index contributed by atoms with van der Waals surface area (Å²) in [5, 5.41) is 4.64. The summed E-state index contributed by atoms with van der Waals surface area (Å²) in [6.07, 6.45) is -2.55. The molecule has 0 fully saturated rings. The van der Waals surface area contributed by atoms with Crippen LogP contribution in [0.3, 0.4) is 0 Å². The summed E-state index contributed by atoms with van der Waals surface area (Å²) in [4.78, 5) is 15.1. The number of alkyl halides is 3. The maximum absolute atomic E-state index is 12.6. The van der Waals surface area contributed by atoms with Crippen molar-refractivity contribution in [2.75, 3.05) is 5.32 Å². The fourth-order valence-electron chi connectivity index (χ4n) is 1.24. The molecule has 0 aromatic carbocycles. The lowest BCUT2D eigenvalue weighted by Gasteiger charge is -2.21. The van der Waals surface area contributed by atoms with Gasteiger partial charge in [-0.1, -0.05) is 0 Å². The van der Waals surface area contributed by atoms with Gasteiger partial charge in [0.25, 0.3) is 0 Å². The van der Waals surface area contributed by atoms with Gasteiger partial charge in [-0.25, -0.2) is 4.79 Å². The Morgan fingerprint density at radius 3 is 2.39 bits per heavy atom. The minimum atomic E-state index is -4.53. The average molecular weight is 261 g/mol. The number of halogens is 3. The highest BCUT2D eigenvalue weighted by molar-refractivity contribution is 5.90. The molecule has 0 bridgehead atoms. The van der Waals surface area contributed by atoms with Crippen molar-refractivity contribution in [2.45, 2.75) is 32.5 Å². The van der Waals surface area contributed by atoms with E-state index in [1.807, 2.05) is 0 Å². The number of nitrogens with one attached hydrogen (secondary N) is 2. The number of pyridine rings is 1. The van der Waals surface area contributed by atoms with Crippen molar-refractivity contribution in [3.05, 3.63) is 24.0 Å². The summed E-state index contributed by atoms with van der Waals surface area (Å²) in [5.41, 5.74) is -1.83. The number of carbonyl (C=O) groups excluding carboxylic acids is 1. The fourth-order valence-corrected chi connectivity index (χ4v) is 1.24. The average Bonchev–Trinajstić information content (AvgIpc) is 2.13. The zero-order chi connectivity index (χ0) is 14.0. The van der Waals surface area contributed by atoms with Gasteiger partial charge in [0.1, 0.15) is 0 Å². The standard InChI is InChI=1S/C11H14F3N3O/c1-10(2,3)17-9(18)16-8-6-15-5-4-7(8)11(12,13)14/h4-6H,1-3H3,(H2,16,17,18). The molecule has 0 aliphatic rings. The third-order valence-electron chi connectivity index (χ3n) is 1.86. The van der Waals surface area contributed by atoms with Crippen LogP contribution in [-0.2, 0) is 6.18 Å². The number of hydrogen-bond donors (Lipinski definition) is 2. The maximum Gasteiger partial charge on any atom is 0.418 e. The number of amides is 2. The molecule has 0 aliphatic heterocycles. The molecule has 2 amide bonds. The SMILES string of the molecule is CC(C)(C)NC(=O)Nc1cnccc1C(F)(F)F. The molecule has 0 radical (unpaired) electrons. The Morgan fingerprint density at radius 2 is 1.89 bits per heavy atom. The van der Waals surface area contributed by atoms with Gasteiger partial charge >= 0.3 is 12.2 Å². The van der Waals surface area contributed by atoms with E-state index in [1.54, 1.807) is 20.8 Å². The van der Waals surface area contributed by atoms with E-state index in [4.69, 9.17) is 0 Å². The molecule has 1 heterocycles. The minimum Gasteiger partial charge on any atom is -0.333 e. The fraction of sp³-hybridized carbons (Fsp3) is 0.455. The summed E-state index contributed by atoms with van der Waals surface area (Å²) < 4.78 is 37.9. The zero-order valence-electron chi connectivity index (χ0n) is 10.2. The monoisotopic (exact) mass is 261 g/mol. The molecule has 0 unspecified atom stereocenters. The number of anilines is 1. The van der Waals surface area contributed by atoms with E-state index in [-0.39, 0.29) is 5.69 Å². The first-order chi connectivity index (χ1) is 8.09. The van der Waals surface area contributed by atoms with E-state index in [0.717, 1.165) is 18.5 Å². The molecular weight excluding hydrogens is 247 g/mol. The molecule has 4 nitrogen and oxygen atoms in total. The van der Waals surface area contributed by atoms with Gasteiger partial charge in [0.2, 0.25) is 0 Å². The van der Waals surface area contributed by atoms with Gasteiger partial charge in [-0.2, -0.15) is 13.2 Å². The van der Waals surface area contributed by atoms with Gasteiger partial charge < -0.3 is 10.6 Å². The van der Waals surface area contributed by atoms with Crippen LogP contribution in [0.5, 0.6) is 0 Å². The normalized spacial score (nSPS) is 12.1. The van der Waals surface area contributed by atoms with E-state index < -0.39 is 23.3 Å². The van der Waals surface area contributed by atoms with Gasteiger partial charge in [0.15, 0.2) is 0 Å². The van der Waals surface area contributed by atoms with Gasteiger partial charge in [0.05, 0.1) is 17.4 Å². The summed E-state index contributed by atoms with van der Waals surface area (Å²) in [5.74, 6) is 0. The number of nitrogens with zero attached hydrogens (tertiary/aromatic N) is 1. The van der Waals surface area contributed by atoms with Crippen LogP contribution in [0.4, 0.5) is 23.7 Å². The predicted octanol–water partition coefficient (Wildman–Crippen LogP) is 3.02. The molecule has 1 aromatic rings. The van der Waals surface area contributed by atoms with Gasteiger partial charge in [-0.05, 0) is 26.8 Å². The van der Waals surface area contributed by atoms with Crippen LogP contribution in [0.2, 0.25) is 0 Å². The van der Waals surface area contributed by atoms with E-state index in [2.05, 4.69) is 15.6 Å². The quantitative estimate of drug-likeness (QED) is 0.816. The summed E-state index contributed by atoms with van der Waals surface area (Å²) >= 11 is 0. The predicted molar refractivity (Wildman–Crippen MR) is 61.1 cm³/mol. The van der Waals surface area contributed by atoms with Crippen LogP contribution in [0.15, 0.2) is 18.5 Å². The third kappa shape index (κ3) is 4.23. The van der Waals surface area contributed by atoms with E-state index in [1.165, 1.54) is 0 Å². The molecule has 0 saturated carbocycles. The molecular formula is C11H14F3N3O. The minimum absolute atomic E-state index is 0.369. The number of carbonyl (C=O) groups is 1. The maximum atomic E-state index is 12.6. The largest absolute Gasteiger partial charge is 0.418 e. The van der Waals surface area contributed by atoms with Crippen molar-refractivity contribution in [1.82, 2.24) is 10.3 Å². The zero-order valence-corrected chi connectivity index (χ0v) is 10.2. The third-order valence-corrected chi connectivity index (χ3v) is 1.86. The lowest BCUT2D eigenvalue weighted by Crippen LogP contribution is -2.43. The molecule has 0 spiro atoms. The van der Waals surface area contributed by atoms with Gasteiger partial charge in [-0.3, -0.25) is 4.98 Å². The van der Waals surface area contributed by atoms with E-state index >= 15 is 0 Å². The van der Waals surface area contributed by atoms with Crippen LogP contribution in [-0.4, -0.2) is 16.6 Å². The van der Waals surface area contributed by atoms with Crippen molar-refractivity contribution in [3.8, 4) is 0 Å². The Bertz CT molecular complexity index is 438. The Labute approximate surface area is 103 Å². The van der Waals surface area contributed by atoms with E-state index in [9.17, 15) is 18.0 Å². The molecule has 2 N–H and O–H groups in total. The Kier molecular flexibility index (Phi) is 3.83. The number of rotatable bonds is 1. The lowest BCUT2D eigenvalue weighted by molar-refractivity contribution is -0.137. The second kappa shape index (κ2) is 4.83. The summed E-state index contributed by atoms with van der Waals surface area (Å²) in [6.45, 7) is 5.17. The van der Waals surface area contributed by atoms with Crippen molar-refractivity contribution in [3.63, 3.8) is 0 Å². The summed E-state index contributed by atoms with van der Waals surface area (Å²) in [7, 11) is 0. The number of aromatic nitrogens is 1. The summed E-state index contributed by atoms with van der Waals surface area (Å²) in [6, 6.07) is 0.105. The molecule has 0 saturated heterocycles. The molecule has 1 rings (SSSR count). The second-order valence-corrected chi connectivity index (χ2v) is 4.75. The lowest BCUT2D eigenvalue weighted by atomic mass is 10.1. The topological polar surface area (TPSA) is 54.0 Å². The first-order valence-corrected chi connectivity index (χ1v) is 5.20. The molecule has 100 valence electrons. The van der Waals surface area contributed by atoms with Crippen molar-refractivity contribution in [2.24, 2.45) is 0 Å². The molecule has 0 aliphatic carbocycles. The second-order valence-electron chi connectivity index (χ2n) is 4.75. The van der Waals surface area contributed by atoms with Crippen LogP contribution in [0, 0.1) is 0 Å². The van der Waals surface area contributed by atoms with E-state index in [0.29, 0.717) is 0 Å².